The Labute approximate surface area is 162 Å². The quantitative estimate of drug-likeness (QED) is 0.729. The van der Waals surface area contributed by atoms with Gasteiger partial charge < -0.3 is 14.8 Å². The van der Waals surface area contributed by atoms with Crippen LogP contribution in [0.5, 0.6) is 11.8 Å². The predicted molar refractivity (Wildman–Crippen MR) is 103 cm³/mol. The average Bonchev–Trinajstić information content (AvgIpc) is 3.38. The molecular weight excluding hydrogens is 356 g/mol. The standard InChI is InChI=1S/C20H22N6O2/c1-27-20-18(26-10-2-9-21-26)7-5-16(23-20)17-6-8-19(25-24-17)28-15-11-13-3-4-14(12-15)22-13/h2,5-10,13-15,22H,3-4,11-12H2,1H3/t13-,14+,15?. The van der Waals surface area contributed by atoms with Crippen molar-refractivity contribution >= 4 is 0 Å². The Morgan fingerprint density at radius 2 is 1.86 bits per heavy atom. The number of ether oxygens (including phenoxy) is 2. The van der Waals surface area contributed by atoms with Crippen molar-refractivity contribution in [3.63, 3.8) is 0 Å². The van der Waals surface area contributed by atoms with Crippen LogP contribution >= 0.6 is 0 Å². The third-order valence-electron chi connectivity index (χ3n) is 5.40. The molecule has 8 nitrogen and oxygen atoms in total. The van der Waals surface area contributed by atoms with E-state index in [1.165, 1.54) is 12.8 Å². The predicted octanol–water partition coefficient (Wildman–Crippen LogP) is 2.39. The molecule has 0 aliphatic carbocycles. The van der Waals surface area contributed by atoms with Crippen molar-refractivity contribution in [1.29, 1.82) is 0 Å². The minimum atomic E-state index is 0.213. The topological polar surface area (TPSA) is 87.0 Å². The number of nitrogens with one attached hydrogen (secondary N) is 1. The van der Waals surface area contributed by atoms with Crippen molar-refractivity contribution in [2.24, 2.45) is 0 Å². The summed E-state index contributed by atoms with van der Waals surface area (Å²) in [6, 6.07) is 10.6. The van der Waals surface area contributed by atoms with Crippen LogP contribution in [0, 0.1) is 0 Å². The Morgan fingerprint density at radius 3 is 2.54 bits per heavy atom. The van der Waals surface area contributed by atoms with Gasteiger partial charge in [-0.2, -0.15) is 5.10 Å². The van der Waals surface area contributed by atoms with Gasteiger partial charge in [-0.15, -0.1) is 10.2 Å². The first-order valence-electron chi connectivity index (χ1n) is 9.60. The zero-order valence-electron chi connectivity index (χ0n) is 15.7. The summed E-state index contributed by atoms with van der Waals surface area (Å²) in [4.78, 5) is 4.56. The minimum Gasteiger partial charge on any atom is -0.479 e. The number of hydrogen-bond acceptors (Lipinski definition) is 7. The second-order valence-electron chi connectivity index (χ2n) is 7.28. The summed E-state index contributed by atoms with van der Waals surface area (Å²) in [5, 5.41) is 16.4. The summed E-state index contributed by atoms with van der Waals surface area (Å²) in [5.74, 6) is 1.05. The Morgan fingerprint density at radius 1 is 1.04 bits per heavy atom. The van der Waals surface area contributed by atoms with Crippen molar-refractivity contribution in [2.45, 2.75) is 43.9 Å². The normalized spacial score (nSPS) is 23.5. The smallest absolute Gasteiger partial charge is 0.240 e. The van der Waals surface area contributed by atoms with E-state index in [4.69, 9.17) is 9.47 Å². The first-order valence-corrected chi connectivity index (χ1v) is 9.60. The molecule has 1 unspecified atom stereocenters. The van der Waals surface area contributed by atoms with Crippen LogP contribution in [0.4, 0.5) is 0 Å². The molecule has 0 radical (unpaired) electrons. The number of methoxy groups -OCH3 is 1. The molecule has 0 amide bonds. The van der Waals surface area contributed by atoms with Gasteiger partial charge in [-0.3, -0.25) is 0 Å². The second kappa shape index (κ2) is 7.20. The summed E-state index contributed by atoms with van der Waals surface area (Å²) in [6.07, 6.45) is 8.34. The molecule has 2 saturated heterocycles. The molecule has 0 saturated carbocycles. The molecule has 2 bridgehead atoms. The van der Waals surface area contributed by atoms with Crippen LogP contribution in [-0.4, -0.2) is 50.3 Å². The van der Waals surface area contributed by atoms with Gasteiger partial charge in [0.2, 0.25) is 11.8 Å². The molecule has 0 aromatic carbocycles. The molecule has 144 valence electrons. The zero-order chi connectivity index (χ0) is 18.9. The fourth-order valence-corrected chi connectivity index (χ4v) is 4.10. The Bertz CT molecular complexity index is 932. The van der Waals surface area contributed by atoms with Crippen molar-refractivity contribution in [2.75, 3.05) is 7.11 Å². The van der Waals surface area contributed by atoms with Gasteiger partial charge in [-0.25, -0.2) is 9.67 Å². The fraction of sp³-hybridized carbons (Fsp3) is 0.400. The molecule has 1 N–H and O–H groups in total. The summed E-state index contributed by atoms with van der Waals surface area (Å²) in [5.41, 5.74) is 2.12. The molecular formula is C20H22N6O2. The molecule has 3 aromatic heterocycles. The highest BCUT2D eigenvalue weighted by Crippen LogP contribution is 2.29. The summed E-state index contributed by atoms with van der Waals surface area (Å²) in [7, 11) is 1.59. The molecule has 2 fully saturated rings. The van der Waals surface area contributed by atoms with E-state index >= 15 is 0 Å². The first-order chi connectivity index (χ1) is 13.8. The number of aromatic nitrogens is 5. The molecule has 0 spiro atoms. The van der Waals surface area contributed by atoms with E-state index in [0.717, 1.165) is 18.5 Å². The van der Waals surface area contributed by atoms with Gasteiger partial charge in [0, 0.05) is 30.5 Å². The van der Waals surface area contributed by atoms with Gasteiger partial charge >= 0.3 is 0 Å². The van der Waals surface area contributed by atoms with Gasteiger partial charge in [-0.1, -0.05) is 0 Å². The molecule has 5 heterocycles. The maximum Gasteiger partial charge on any atom is 0.240 e. The lowest BCUT2D eigenvalue weighted by Crippen LogP contribution is -2.42. The Balaban J connectivity index is 1.33. The van der Waals surface area contributed by atoms with Crippen LogP contribution in [0.3, 0.4) is 0 Å². The van der Waals surface area contributed by atoms with Crippen molar-refractivity contribution in [3.8, 4) is 28.8 Å². The number of hydrogen-bond donors (Lipinski definition) is 1. The molecule has 3 aromatic rings. The van der Waals surface area contributed by atoms with Crippen LogP contribution in [0.25, 0.3) is 17.1 Å². The van der Waals surface area contributed by atoms with E-state index < -0.39 is 0 Å². The summed E-state index contributed by atoms with van der Waals surface area (Å²) >= 11 is 0. The average molecular weight is 378 g/mol. The lowest BCUT2D eigenvalue weighted by Gasteiger charge is -2.28. The van der Waals surface area contributed by atoms with E-state index in [1.54, 1.807) is 18.0 Å². The monoisotopic (exact) mass is 378 g/mol. The number of pyridine rings is 1. The van der Waals surface area contributed by atoms with Crippen molar-refractivity contribution in [1.82, 2.24) is 30.3 Å². The lowest BCUT2D eigenvalue weighted by atomic mass is 10.0. The highest BCUT2D eigenvalue weighted by atomic mass is 16.5. The summed E-state index contributed by atoms with van der Waals surface area (Å²) in [6.45, 7) is 0. The number of nitrogens with zero attached hydrogens (tertiary/aromatic N) is 5. The van der Waals surface area contributed by atoms with Crippen LogP contribution < -0.4 is 14.8 Å². The van der Waals surface area contributed by atoms with Gasteiger partial charge in [0.15, 0.2) is 0 Å². The van der Waals surface area contributed by atoms with Crippen molar-refractivity contribution in [3.05, 3.63) is 42.7 Å². The first kappa shape index (κ1) is 17.1. The molecule has 2 aliphatic heterocycles. The summed E-state index contributed by atoms with van der Waals surface area (Å²) < 4.78 is 13.2. The maximum absolute atomic E-state index is 6.07. The fourth-order valence-electron chi connectivity index (χ4n) is 4.10. The van der Waals surface area contributed by atoms with Crippen LogP contribution in [0.2, 0.25) is 0 Å². The third kappa shape index (κ3) is 3.31. The minimum absolute atomic E-state index is 0.213. The largest absolute Gasteiger partial charge is 0.479 e. The van der Waals surface area contributed by atoms with E-state index in [1.807, 2.05) is 36.5 Å². The van der Waals surface area contributed by atoms with Gasteiger partial charge in [0.05, 0.1) is 12.8 Å². The third-order valence-corrected chi connectivity index (χ3v) is 5.40. The number of rotatable bonds is 5. The molecule has 2 aliphatic rings. The van der Waals surface area contributed by atoms with E-state index in [0.29, 0.717) is 35.2 Å². The molecule has 28 heavy (non-hydrogen) atoms. The second-order valence-corrected chi connectivity index (χ2v) is 7.28. The van der Waals surface area contributed by atoms with Crippen molar-refractivity contribution < 1.29 is 9.47 Å². The van der Waals surface area contributed by atoms with Gasteiger partial charge in [0.25, 0.3) is 0 Å². The van der Waals surface area contributed by atoms with Crippen LogP contribution in [0.1, 0.15) is 25.7 Å². The highest BCUT2D eigenvalue weighted by molar-refractivity contribution is 5.58. The lowest BCUT2D eigenvalue weighted by molar-refractivity contribution is 0.130. The zero-order valence-corrected chi connectivity index (χ0v) is 15.7. The van der Waals surface area contributed by atoms with E-state index in [2.05, 4.69) is 25.6 Å². The van der Waals surface area contributed by atoms with E-state index in [-0.39, 0.29) is 6.10 Å². The van der Waals surface area contributed by atoms with E-state index in [9.17, 15) is 0 Å². The molecule has 8 heteroatoms. The Kier molecular flexibility index (Phi) is 4.40. The number of piperidine rings is 1. The SMILES string of the molecule is COc1nc(-c2ccc(OC3C[C@H]4CC[C@@H](C3)N4)nn2)ccc1-n1cccn1. The number of fused-ring (bicyclic) bond motifs is 2. The molecule has 5 rings (SSSR count). The van der Waals surface area contributed by atoms with Crippen LogP contribution in [0.15, 0.2) is 42.7 Å². The van der Waals surface area contributed by atoms with Gasteiger partial charge in [0.1, 0.15) is 17.5 Å². The highest BCUT2D eigenvalue weighted by Gasteiger charge is 2.34. The maximum atomic E-state index is 6.07. The molecule has 3 atom stereocenters. The Hall–Kier alpha value is -3.00. The van der Waals surface area contributed by atoms with Crippen LogP contribution in [-0.2, 0) is 0 Å². The van der Waals surface area contributed by atoms with Gasteiger partial charge in [-0.05, 0) is 49.9 Å².